The molecule has 1 unspecified atom stereocenters. The topological polar surface area (TPSA) is 106 Å². The minimum absolute atomic E-state index is 0.0125. The van der Waals surface area contributed by atoms with E-state index >= 15 is 0 Å². The number of aromatic amines is 1. The van der Waals surface area contributed by atoms with Crippen LogP contribution in [0.25, 0.3) is 0 Å². The van der Waals surface area contributed by atoms with E-state index in [1.165, 1.54) is 10.6 Å². The summed E-state index contributed by atoms with van der Waals surface area (Å²) in [7, 11) is 0. The van der Waals surface area contributed by atoms with Crippen LogP contribution in [0.4, 0.5) is 0 Å². The first-order valence-corrected chi connectivity index (χ1v) is 6.52. The summed E-state index contributed by atoms with van der Waals surface area (Å²) < 4.78 is 6.91. The lowest BCUT2D eigenvalue weighted by atomic mass is 10.2. The molecule has 3 rings (SSSR count). The third-order valence-electron chi connectivity index (χ3n) is 3.27. The molecule has 21 heavy (non-hydrogen) atoms. The maximum atomic E-state index is 12.3. The van der Waals surface area contributed by atoms with Gasteiger partial charge in [-0.3, -0.25) is 9.59 Å². The van der Waals surface area contributed by atoms with Crippen LogP contribution in [0.15, 0.2) is 29.2 Å². The van der Waals surface area contributed by atoms with E-state index in [1.807, 2.05) is 0 Å². The molecule has 1 aliphatic rings. The third kappa shape index (κ3) is 2.97. The molecule has 0 bridgehead atoms. The Labute approximate surface area is 119 Å². The second kappa shape index (κ2) is 5.83. The van der Waals surface area contributed by atoms with Gasteiger partial charge >= 0.3 is 0 Å². The van der Waals surface area contributed by atoms with Gasteiger partial charge in [-0.15, -0.1) is 10.2 Å². The Morgan fingerprint density at radius 3 is 3.14 bits per heavy atom. The van der Waals surface area contributed by atoms with Crippen molar-refractivity contribution >= 4 is 5.91 Å². The van der Waals surface area contributed by atoms with Crippen LogP contribution in [0.3, 0.4) is 0 Å². The van der Waals surface area contributed by atoms with Gasteiger partial charge in [-0.1, -0.05) is 11.3 Å². The monoisotopic (exact) mass is 290 g/mol. The van der Waals surface area contributed by atoms with Gasteiger partial charge in [0.2, 0.25) is 11.7 Å². The van der Waals surface area contributed by atoms with Crippen molar-refractivity contribution in [1.29, 1.82) is 0 Å². The summed E-state index contributed by atoms with van der Waals surface area (Å²) in [4.78, 5) is 25.5. The highest BCUT2D eigenvalue weighted by Gasteiger charge is 2.28. The fraction of sp³-hybridized carbons (Fsp3) is 0.417. The molecule has 1 amide bonds. The van der Waals surface area contributed by atoms with E-state index in [1.54, 1.807) is 23.2 Å². The molecule has 0 spiro atoms. The van der Waals surface area contributed by atoms with E-state index in [2.05, 4.69) is 20.6 Å². The number of tetrazole rings is 1. The molecule has 1 saturated heterocycles. The molecule has 9 heteroatoms. The number of H-pyrrole nitrogens is 1. The van der Waals surface area contributed by atoms with E-state index in [4.69, 9.17) is 4.74 Å². The van der Waals surface area contributed by atoms with E-state index in [0.717, 1.165) is 0 Å². The van der Waals surface area contributed by atoms with Crippen molar-refractivity contribution in [2.75, 3.05) is 19.7 Å². The second-order valence-electron chi connectivity index (χ2n) is 4.64. The predicted octanol–water partition coefficient (Wildman–Crippen LogP) is -1.04. The Morgan fingerprint density at radius 1 is 1.48 bits per heavy atom. The highest BCUT2D eigenvalue weighted by Crippen LogP contribution is 2.18. The Bertz CT molecular complexity index is 668. The molecule has 2 aromatic heterocycles. The zero-order valence-corrected chi connectivity index (χ0v) is 11.2. The van der Waals surface area contributed by atoms with Crippen LogP contribution in [-0.2, 0) is 16.1 Å². The summed E-state index contributed by atoms with van der Waals surface area (Å²) >= 11 is 0. The first kappa shape index (κ1) is 13.4. The SMILES string of the molecule is O=C(Cn1ccccc1=O)N1CCOC(c2nn[nH]n2)C1. The van der Waals surface area contributed by atoms with Gasteiger partial charge in [0.15, 0.2) is 0 Å². The lowest BCUT2D eigenvalue weighted by molar-refractivity contribution is -0.140. The highest BCUT2D eigenvalue weighted by atomic mass is 16.5. The number of morpholine rings is 1. The predicted molar refractivity (Wildman–Crippen MR) is 70.2 cm³/mol. The number of pyridine rings is 1. The van der Waals surface area contributed by atoms with Crippen LogP contribution in [0.5, 0.6) is 0 Å². The van der Waals surface area contributed by atoms with Crippen LogP contribution in [0.2, 0.25) is 0 Å². The largest absolute Gasteiger partial charge is 0.366 e. The Balaban J connectivity index is 1.67. The van der Waals surface area contributed by atoms with Crippen LogP contribution < -0.4 is 5.56 Å². The Kier molecular flexibility index (Phi) is 3.73. The summed E-state index contributed by atoms with van der Waals surface area (Å²) in [6.45, 7) is 1.24. The van der Waals surface area contributed by atoms with Gasteiger partial charge in [0, 0.05) is 18.8 Å². The summed E-state index contributed by atoms with van der Waals surface area (Å²) in [6, 6.07) is 4.79. The second-order valence-corrected chi connectivity index (χ2v) is 4.64. The highest BCUT2D eigenvalue weighted by molar-refractivity contribution is 5.76. The molecule has 0 aromatic carbocycles. The number of carbonyl (C=O) groups excluding carboxylic acids is 1. The maximum Gasteiger partial charge on any atom is 0.250 e. The normalized spacial score (nSPS) is 18.7. The van der Waals surface area contributed by atoms with Crippen molar-refractivity contribution < 1.29 is 9.53 Å². The lowest BCUT2D eigenvalue weighted by Crippen LogP contribution is -2.44. The number of nitrogens with one attached hydrogen (secondary N) is 1. The number of amides is 1. The van der Waals surface area contributed by atoms with Gasteiger partial charge in [-0.2, -0.15) is 5.21 Å². The average Bonchev–Trinajstić information content (AvgIpc) is 3.04. The van der Waals surface area contributed by atoms with Gasteiger partial charge in [-0.25, -0.2) is 0 Å². The van der Waals surface area contributed by atoms with E-state index in [9.17, 15) is 9.59 Å². The summed E-state index contributed by atoms with van der Waals surface area (Å²) in [5.41, 5.74) is -0.200. The van der Waals surface area contributed by atoms with Crippen molar-refractivity contribution in [3.8, 4) is 0 Å². The Morgan fingerprint density at radius 2 is 2.38 bits per heavy atom. The minimum atomic E-state index is -0.394. The van der Waals surface area contributed by atoms with Crippen LogP contribution >= 0.6 is 0 Å². The number of carbonyl (C=O) groups is 1. The number of aromatic nitrogens is 5. The maximum absolute atomic E-state index is 12.3. The van der Waals surface area contributed by atoms with Crippen LogP contribution in [0.1, 0.15) is 11.9 Å². The summed E-state index contributed by atoms with van der Waals surface area (Å²) in [5.74, 6) is 0.282. The average molecular weight is 290 g/mol. The van der Waals surface area contributed by atoms with Crippen molar-refractivity contribution in [3.63, 3.8) is 0 Å². The van der Waals surface area contributed by atoms with Crippen molar-refractivity contribution in [2.24, 2.45) is 0 Å². The molecule has 1 fully saturated rings. The molecule has 1 N–H and O–H groups in total. The summed E-state index contributed by atoms with van der Waals surface area (Å²) in [6.07, 6.45) is 1.20. The van der Waals surface area contributed by atoms with Gasteiger partial charge < -0.3 is 14.2 Å². The van der Waals surface area contributed by atoms with Gasteiger partial charge in [-0.05, 0) is 6.07 Å². The zero-order valence-electron chi connectivity index (χ0n) is 11.2. The number of ether oxygens (including phenoxy) is 1. The van der Waals surface area contributed by atoms with Crippen molar-refractivity contribution in [2.45, 2.75) is 12.6 Å². The standard InChI is InChI=1S/C12H14N6O3/c19-10-3-1-2-4-17(10)8-11(20)18-5-6-21-9(7-18)12-13-15-16-14-12/h1-4,9H,5-8H2,(H,13,14,15,16). The molecule has 1 atom stereocenters. The Hall–Kier alpha value is -2.55. The van der Waals surface area contributed by atoms with Crippen LogP contribution in [0, 0.1) is 0 Å². The summed E-state index contributed by atoms with van der Waals surface area (Å²) in [5, 5.41) is 13.6. The first-order valence-electron chi connectivity index (χ1n) is 6.52. The zero-order chi connectivity index (χ0) is 14.7. The third-order valence-corrected chi connectivity index (χ3v) is 3.27. The van der Waals surface area contributed by atoms with Gasteiger partial charge in [0.25, 0.3) is 5.56 Å². The molecular weight excluding hydrogens is 276 g/mol. The van der Waals surface area contributed by atoms with E-state index < -0.39 is 6.10 Å². The molecule has 0 saturated carbocycles. The molecule has 1 aliphatic heterocycles. The van der Waals surface area contributed by atoms with E-state index in [-0.39, 0.29) is 18.0 Å². The minimum Gasteiger partial charge on any atom is -0.366 e. The molecule has 9 nitrogen and oxygen atoms in total. The first-order chi connectivity index (χ1) is 10.2. The molecule has 0 aliphatic carbocycles. The number of hydrogen-bond acceptors (Lipinski definition) is 6. The lowest BCUT2D eigenvalue weighted by Gasteiger charge is -2.31. The van der Waals surface area contributed by atoms with E-state index in [0.29, 0.717) is 25.5 Å². The molecule has 110 valence electrons. The smallest absolute Gasteiger partial charge is 0.250 e. The van der Waals surface area contributed by atoms with Crippen molar-refractivity contribution in [3.05, 3.63) is 40.6 Å². The molecular formula is C12H14N6O3. The van der Waals surface area contributed by atoms with Crippen molar-refractivity contribution in [1.82, 2.24) is 30.1 Å². The number of rotatable bonds is 3. The van der Waals surface area contributed by atoms with Gasteiger partial charge in [0.1, 0.15) is 12.6 Å². The number of hydrogen-bond donors (Lipinski definition) is 1. The fourth-order valence-corrected chi connectivity index (χ4v) is 2.17. The molecule has 2 aromatic rings. The number of nitrogens with zero attached hydrogens (tertiary/aromatic N) is 5. The molecule has 0 radical (unpaired) electrons. The molecule has 3 heterocycles. The van der Waals surface area contributed by atoms with Crippen LogP contribution in [-0.4, -0.2) is 55.7 Å². The fourth-order valence-electron chi connectivity index (χ4n) is 2.17. The quantitative estimate of drug-likeness (QED) is 0.774. The van der Waals surface area contributed by atoms with Gasteiger partial charge in [0.05, 0.1) is 13.2 Å².